The van der Waals surface area contributed by atoms with Crippen molar-refractivity contribution in [1.82, 2.24) is 15.0 Å². The predicted molar refractivity (Wildman–Crippen MR) is 168 cm³/mol. The molecule has 1 radical (unpaired) electrons. The van der Waals surface area contributed by atoms with E-state index in [-0.39, 0.29) is 20.1 Å². The van der Waals surface area contributed by atoms with Crippen LogP contribution in [0.1, 0.15) is 25.1 Å². The van der Waals surface area contributed by atoms with Crippen molar-refractivity contribution in [1.29, 1.82) is 0 Å². The minimum absolute atomic E-state index is 0. The van der Waals surface area contributed by atoms with Gasteiger partial charge in [0.25, 0.3) is 0 Å². The van der Waals surface area contributed by atoms with Gasteiger partial charge in [0, 0.05) is 37.4 Å². The van der Waals surface area contributed by atoms with Gasteiger partial charge in [-0.1, -0.05) is 23.1 Å². The Bertz CT molecular complexity index is 1740. The van der Waals surface area contributed by atoms with Gasteiger partial charge in [0.1, 0.15) is 0 Å². The molecule has 6 rings (SSSR count). The first kappa shape index (κ1) is 30.8. The number of furan rings is 1. The zero-order valence-electron chi connectivity index (χ0n) is 24.5. The minimum atomic E-state index is -1.86. The summed E-state index contributed by atoms with van der Waals surface area (Å²) in [7, 11) is 0. The Morgan fingerprint density at radius 1 is 0.854 bits per heavy atom. The van der Waals surface area contributed by atoms with Crippen molar-refractivity contribution in [2.45, 2.75) is 44.5 Å². The molecule has 0 saturated carbocycles. The molecule has 0 amide bonds. The third-order valence-electron chi connectivity index (χ3n) is 6.77. The average molecular weight is 779 g/mol. The van der Waals surface area contributed by atoms with Crippen molar-refractivity contribution in [3.8, 4) is 22.5 Å². The van der Waals surface area contributed by atoms with Gasteiger partial charge in [-0.3, -0.25) is 0 Å². The number of nitrogens with zero attached hydrogens (tertiary/aromatic N) is 3. The van der Waals surface area contributed by atoms with E-state index in [2.05, 4.69) is 71.5 Å². The molecule has 211 valence electrons. The second-order valence-electron chi connectivity index (χ2n) is 11.6. The molecule has 0 N–H and O–H groups in total. The van der Waals surface area contributed by atoms with E-state index in [1.54, 1.807) is 10.6 Å². The molecule has 0 aliphatic carbocycles. The van der Waals surface area contributed by atoms with E-state index >= 15 is 0 Å². The molecule has 0 unspecified atom stereocenters. The maximum absolute atomic E-state index is 5.94. The summed E-state index contributed by atoms with van der Waals surface area (Å²) < 4.78 is 7.48. The molecule has 41 heavy (non-hydrogen) atoms. The van der Waals surface area contributed by atoms with Gasteiger partial charge in [-0.2, -0.15) is 0 Å². The smallest absolute Gasteiger partial charge is 0.216 e. The van der Waals surface area contributed by atoms with Crippen LogP contribution in [0.5, 0.6) is 0 Å². The van der Waals surface area contributed by atoms with E-state index in [0.29, 0.717) is 11.6 Å². The minimum Gasteiger partial charge on any atom is -0.486 e. The van der Waals surface area contributed by atoms with Crippen molar-refractivity contribution in [3.05, 3.63) is 109 Å². The van der Waals surface area contributed by atoms with Gasteiger partial charge >= 0.3 is 126 Å². The largest absolute Gasteiger partial charge is 0.486 e. The monoisotopic (exact) mass is 780 g/mol. The Hall–Kier alpha value is -3.12. The summed E-state index contributed by atoms with van der Waals surface area (Å²) in [5.41, 5.74) is 7.76. The van der Waals surface area contributed by atoms with Gasteiger partial charge in [-0.15, -0.1) is 18.2 Å². The van der Waals surface area contributed by atoms with Crippen molar-refractivity contribution in [2.24, 2.45) is 5.92 Å². The number of hydrogen-bond donors (Lipinski definition) is 0. The second kappa shape index (κ2) is 13.2. The molecule has 0 atom stereocenters. The SMILES string of the molecule is CC(C)Cc1cc(-c2[c-]cccc2)nc[c]1[Ge]([CH3])([CH3])[CH3].Cc1ccc2c(n1)oc1c(-c3ccccn3)[c-]ccc12.[Ir]. The summed E-state index contributed by atoms with van der Waals surface area (Å²) in [4.78, 5) is 13.5. The number of hydrogen-bond acceptors (Lipinski definition) is 4. The zero-order valence-corrected chi connectivity index (χ0v) is 28.9. The molecule has 0 fully saturated rings. The van der Waals surface area contributed by atoms with Crippen molar-refractivity contribution < 1.29 is 24.5 Å². The van der Waals surface area contributed by atoms with Gasteiger partial charge < -0.3 is 9.40 Å². The van der Waals surface area contributed by atoms with E-state index in [1.807, 2.05) is 67.6 Å². The third kappa shape index (κ3) is 7.21. The van der Waals surface area contributed by atoms with Gasteiger partial charge in [0.2, 0.25) is 5.71 Å². The van der Waals surface area contributed by atoms with E-state index in [4.69, 9.17) is 9.40 Å². The third-order valence-corrected chi connectivity index (χ3v) is 11.1. The normalized spacial score (nSPS) is 11.3. The topological polar surface area (TPSA) is 51.8 Å². The van der Waals surface area contributed by atoms with Crippen LogP contribution >= 0.6 is 0 Å². The molecule has 0 bridgehead atoms. The molecule has 6 aromatic rings. The molecule has 0 spiro atoms. The first-order valence-electron chi connectivity index (χ1n) is 13.8. The standard InChI is InChI=1S/C18H24GeN.C17H11N2O.Ir/c1-14(2)11-16-12-18(15-9-7-6-8-10-15)20-13-17(16)19(3,4)5;1-11-8-9-13-12-5-4-6-14(15-7-2-3-10-18-15)16(12)20-17(13)19-11;/h6-9,12-14H,11H2,1-5H3;2-5,7-10H,1H3;/q2*-1;. The molecular weight excluding hydrogens is 743 g/mol. The zero-order chi connectivity index (χ0) is 28.3. The fourth-order valence-electron chi connectivity index (χ4n) is 4.90. The van der Waals surface area contributed by atoms with E-state index in [0.717, 1.165) is 51.0 Å². The number of aromatic nitrogens is 3. The number of aryl methyl sites for hydroxylation is 1. The van der Waals surface area contributed by atoms with Crippen molar-refractivity contribution in [3.63, 3.8) is 0 Å². The van der Waals surface area contributed by atoms with Crippen molar-refractivity contribution in [2.75, 3.05) is 0 Å². The maximum atomic E-state index is 5.94. The Morgan fingerprint density at radius 2 is 1.66 bits per heavy atom. The number of pyridine rings is 3. The molecule has 4 aromatic heterocycles. The maximum Gasteiger partial charge on any atom is 0.216 e. The fraction of sp³-hybridized carbons (Fsp3) is 0.229. The molecule has 0 aliphatic heterocycles. The quantitative estimate of drug-likeness (QED) is 0.130. The Labute approximate surface area is 259 Å². The summed E-state index contributed by atoms with van der Waals surface area (Å²) in [6, 6.07) is 30.6. The molecule has 4 nitrogen and oxygen atoms in total. The number of fused-ring (bicyclic) bond motifs is 3. The average Bonchev–Trinajstić information content (AvgIpc) is 3.31. The Balaban J connectivity index is 0.000000184. The van der Waals surface area contributed by atoms with Crippen molar-refractivity contribution >= 4 is 39.7 Å². The molecule has 0 aliphatic rings. The summed E-state index contributed by atoms with van der Waals surface area (Å²) in [6.07, 6.45) is 5.04. The molecule has 2 aromatic carbocycles. The van der Waals surface area contributed by atoms with Gasteiger partial charge in [-0.05, 0) is 30.8 Å². The van der Waals surface area contributed by atoms with E-state index < -0.39 is 13.3 Å². The molecular formula is C35H35GeIrN3O-2. The first-order chi connectivity index (χ1) is 19.2. The number of rotatable bonds is 5. The Kier molecular flexibility index (Phi) is 9.96. The van der Waals surface area contributed by atoms with Crippen LogP contribution in [0.25, 0.3) is 44.6 Å². The van der Waals surface area contributed by atoms with Gasteiger partial charge in [0.05, 0.1) is 5.58 Å². The number of benzene rings is 2. The van der Waals surface area contributed by atoms with Crippen LogP contribution in [-0.2, 0) is 26.5 Å². The van der Waals surface area contributed by atoms with Crippen LogP contribution in [0, 0.1) is 25.0 Å². The van der Waals surface area contributed by atoms with Crippen LogP contribution in [0.4, 0.5) is 0 Å². The molecule has 6 heteroatoms. The first-order valence-corrected chi connectivity index (χ1v) is 21.1. The fourth-order valence-corrected chi connectivity index (χ4v) is 8.23. The van der Waals surface area contributed by atoms with Crippen LogP contribution in [0.2, 0.25) is 17.3 Å². The summed E-state index contributed by atoms with van der Waals surface area (Å²) in [6.45, 7) is 6.53. The van der Waals surface area contributed by atoms with Crippen LogP contribution in [-0.4, -0.2) is 28.2 Å². The summed E-state index contributed by atoms with van der Waals surface area (Å²) in [5, 5.41) is 2.07. The van der Waals surface area contributed by atoms with Gasteiger partial charge in [-0.25, -0.2) is 4.98 Å². The molecule has 0 saturated heterocycles. The molecule has 4 heterocycles. The summed E-state index contributed by atoms with van der Waals surface area (Å²) in [5.74, 6) is 7.99. The summed E-state index contributed by atoms with van der Waals surface area (Å²) >= 11 is -1.86. The predicted octanol–water partition coefficient (Wildman–Crippen LogP) is 8.44. The van der Waals surface area contributed by atoms with Crippen LogP contribution < -0.4 is 4.40 Å². The Morgan fingerprint density at radius 3 is 2.34 bits per heavy atom. The van der Waals surface area contributed by atoms with Crippen LogP contribution in [0.3, 0.4) is 0 Å². The van der Waals surface area contributed by atoms with E-state index in [1.165, 1.54) is 5.56 Å². The van der Waals surface area contributed by atoms with Crippen LogP contribution in [0.15, 0.2) is 89.6 Å². The van der Waals surface area contributed by atoms with E-state index in [9.17, 15) is 0 Å². The van der Waals surface area contributed by atoms with Gasteiger partial charge in [0.15, 0.2) is 0 Å². The second-order valence-corrected chi connectivity index (χ2v) is 22.1.